The Morgan fingerprint density at radius 1 is 1.14 bits per heavy atom. The quantitative estimate of drug-likeness (QED) is 0.895. The number of rotatable bonds is 2. The van der Waals surface area contributed by atoms with Crippen LogP contribution in [0.2, 0.25) is 0 Å². The molecule has 0 atom stereocenters. The lowest BCUT2D eigenvalue weighted by Crippen LogP contribution is -2.50. The normalized spacial score (nSPS) is 17.3. The van der Waals surface area contributed by atoms with Gasteiger partial charge in [0.15, 0.2) is 0 Å². The van der Waals surface area contributed by atoms with Crippen LogP contribution in [-0.2, 0) is 10.0 Å². The Balaban J connectivity index is 1.74. The number of nitrogens with zero attached hydrogens (tertiary/aromatic N) is 2. The van der Waals surface area contributed by atoms with Gasteiger partial charge < -0.3 is 9.88 Å². The van der Waals surface area contributed by atoms with Crippen molar-refractivity contribution < 1.29 is 13.2 Å². The lowest BCUT2D eigenvalue weighted by Gasteiger charge is -2.33. The van der Waals surface area contributed by atoms with Crippen LogP contribution < -0.4 is 0 Å². The van der Waals surface area contributed by atoms with Crippen LogP contribution in [0.1, 0.15) is 10.4 Å². The fraction of sp³-hybridized carbons (Fsp3) is 0.357. The summed E-state index contributed by atoms with van der Waals surface area (Å²) in [4.78, 5) is 17.3. The number of nitrogens with one attached hydrogen (secondary N) is 1. The highest BCUT2D eigenvalue weighted by molar-refractivity contribution is 7.88. The molecule has 1 amide bonds. The molecule has 0 radical (unpaired) electrons. The van der Waals surface area contributed by atoms with Crippen molar-refractivity contribution in [2.24, 2.45) is 0 Å². The average Bonchev–Trinajstić information content (AvgIpc) is 2.93. The van der Waals surface area contributed by atoms with Crippen LogP contribution >= 0.6 is 0 Å². The summed E-state index contributed by atoms with van der Waals surface area (Å²) in [7, 11) is -3.17. The number of H-pyrrole nitrogens is 1. The number of aromatic nitrogens is 1. The highest BCUT2D eigenvalue weighted by atomic mass is 32.2. The molecular weight excluding hydrogens is 290 g/mol. The molecule has 1 aromatic heterocycles. The van der Waals surface area contributed by atoms with E-state index in [9.17, 15) is 13.2 Å². The van der Waals surface area contributed by atoms with Crippen LogP contribution in [0.3, 0.4) is 0 Å². The molecule has 0 aliphatic carbocycles. The Hall–Kier alpha value is -1.86. The summed E-state index contributed by atoms with van der Waals surface area (Å²) in [5.41, 5.74) is 1.55. The maximum absolute atomic E-state index is 12.5. The molecule has 1 saturated heterocycles. The van der Waals surface area contributed by atoms with Gasteiger partial charge in [0.25, 0.3) is 5.91 Å². The van der Waals surface area contributed by atoms with Crippen LogP contribution in [0, 0.1) is 0 Å². The van der Waals surface area contributed by atoms with Crippen molar-refractivity contribution in [2.75, 3.05) is 32.4 Å². The standard InChI is InChI=1S/C14H17N3O3S/c1-21(19,20)17-8-6-16(7-9-17)14(18)12-3-2-11-4-5-15-13(11)10-12/h2-5,10,15H,6-9H2,1H3. The Labute approximate surface area is 123 Å². The molecule has 1 N–H and O–H groups in total. The van der Waals surface area contributed by atoms with Gasteiger partial charge >= 0.3 is 0 Å². The van der Waals surface area contributed by atoms with Gasteiger partial charge in [-0.1, -0.05) is 6.07 Å². The van der Waals surface area contributed by atoms with Gasteiger partial charge in [-0.25, -0.2) is 8.42 Å². The molecule has 2 heterocycles. The predicted octanol–water partition coefficient (Wildman–Crippen LogP) is 0.885. The molecule has 6 nitrogen and oxygen atoms in total. The van der Waals surface area contributed by atoms with E-state index in [4.69, 9.17) is 0 Å². The van der Waals surface area contributed by atoms with E-state index in [1.54, 1.807) is 11.0 Å². The summed E-state index contributed by atoms with van der Waals surface area (Å²) < 4.78 is 24.3. The van der Waals surface area contributed by atoms with E-state index in [1.807, 2.05) is 24.4 Å². The molecule has 1 aliphatic heterocycles. The fourth-order valence-electron chi connectivity index (χ4n) is 2.59. The Morgan fingerprint density at radius 2 is 1.86 bits per heavy atom. The third-order valence-electron chi connectivity index (χ3n) is 3.80. The Kier molecular flexibility index (Phi) is 3.46. The Morgan fingerprint density at radius 3 is 2.52 bits per heavy atom. The summed E-state index contributed by atoms with van der Waals surface area (Å²) in [6.45, 7) is 1.56. The maximum atomic E-state index is 12.5. The molecule has 1 aromatic carbocycles. The number of fused-ring (bicyclic) bond motifs is 1. The van der Waals surface area contributed by atoms with Gasteiger partial charge in [0.05, 0.1) is 6.26 Å². The SMILES string of the molecule is CS(=O)(=O)N1CCN(C(=O)c2ccc3cc[nH]c3c2)CC1. The Bertz CT molecular complexity index is 774. The second-order valence-corrected chi connectivity index (χ2v) is 7.22. The number of benzene rings is 1. The third-order valence-corrected chi connectivity index (χ3v) is 5.10. The fourth-order valence-corrected chi connectivity index (χ4v) is 3.41. The molecule has 7 heteroatoms. The minimum Gasteiger partial charge on any atom is -0.361 e. The van der Waals surface area contributed by atoms with Crippen molar-refractivity contribution >= 4 is 26.8 Å². The number of aromatic amines is 1. The molecule has 0 unspecified atom stereocenters. The molecule has 112 valence electrons. The van der Waals surface area contributed by atoms with E-state index in [0.717, 1.165) is 10.9 Å². The third kappa shape index (κ3) is 2.79. The van der Waals surface area contributed by atoms with Crippen molar-refractivity contribution in [1.29, 1.82) is 0 Å². The molecular formula is C14H17N3O3S. The van der Waals surface area contributed by atoms with Gasteiger partial charge in [0, 0.05) is 43.5 Å². The summed E-state index contributed by atoms with van der Waals surface area (Å²) in [6.07, 6.45) is 3.04. The average molecular weight is 307 g/mol. The highest BCUT2D eigenvalue weighted by Gasteiger charge is 2.26. The zero-order chi connectivity index (χ0) is 15.0. The van der Waals surface area contributed by atoms with Gasteiger partial charge in [-0.15, -0.1) is 0 Å². The monoisotopic (exact) mass is 307 g/mol. The van der Waals surface area contributed by atoms with Crippen molar-refractivity contribution in [2.45, 2.75) is 0 Å². The first kappa shape index (κ1) is 14.1. The largest absolute Gasteiger partial charge is 0.361 e. The van der Waals surface area contributed by atoms with Gasteiger partial charge in [0.2, 0.25) is 10.0 Å². The predicted molar refractivity (Wildman–Crippen MR) is 80.6 cm³/mol. The van der Waals surface area contributed by atoms with Crippen LogP contribution in [0.25, 0.3) is 10.9 Å². The molecule has 3 rings (SSSR count). The smallest absolute Gasteiger partial charge is 0.254 e. The zero-order valence-electron chi connectivity index (χ0n) is 11.7. The number of sulfonamides is 1. The molecule has 1 fully saturated rings. The summed E-state index contributed by atoms with van der Waals surface area (Å²) in [5, 5.41) is 1.06. The van der Waals surface area contributed by atoms with E-state index in [0.29, 0.717) is 31.7 Å². The lowest BCUT2D eigenvalue weighted by molar-refractivity contribution is 0.0698. The molecule has 0 saturated carbocycles. The lowest BCUT2D eigenvalue weighted by atomic mass is 10.1. The van der Waals surface area contributed by atoms with Crippen molar-refractivity contribution in [3.05, 3.63) is 36.0 Å². The van der Waals surface area contributed by atoms with Crippen LogP contribution in [0.4, 0.5) is 0 Å². The van der Waals surface area contributed by atoms with E-state index in [-0.39, 0.29) is 5.91 Å². The molecule has 1 aliphatic rings. The molecule has 0 bridgehead atoms. The topological polar surface area (TPSA) is 73.5 Å². The van der Waals surface area contributed by atoms with E-state index >= 15 is 0 Å². The van der Waals surface area contributed by atoms with Crippen LogP contribution in [0.5, 0.6) is 0 Å². The first-order valence-electron chi connectivity index (χ1n) is 6.77. The number of carbonyl (C=O) groups excluding carboxylic acids is 1. The minimum absolute atomic E-state index is 0.0559. The minimum atomic E-state index is -3.17. The van der Waals surface area contributed by atoms with Crippen molar-refractivity contribution in [3.63, 3.8) is 0 Å². The van der Waals surface area contributed by atoms with E-state index < -0.39 is 10.0 Å². The molecule has 0 spiro atoms. The molecule has 2 aromatic rings. The van der Waals surface area contributed by atoms with Crippen LogP contribution in [-0.4, -0.2) is 60.9 Å². The second kappa shape index (κ2) is 5.16. The van der Waals surface area contributed by atoms with E-state index in [1.165, 1.54) is 10.6 Å². The summed E-state index contributed by atoms with van der Waals surface area (Å²) >= 11 is 0. The van der Waals surface area contributed by atoms with Gasteiger partial charge in [-0.3, -0.25) is 4.79 Å². The van der Waals surface area contributed by atoms with E-state index in [2.05, 4.69) is 4.98 Å². The zero-order valence-corrected chi connectivity index (χ0v) is 12.6. The number of hydrogen-bond donors (Lipinski definition) is 1. The van der Waals surface area contributed by atoms with Gasteiger partial charge in [0.1, 0.15) is 0 Å². The first-order valence-corrected chi connectivity index (χ1v) is 8.61. The first-order chi connectivity index (χ1) is 9.95. The molecule has 21 heavy (non-hydrogen) atoms. The summed E-state index contributed by atoms with van der Waals surface area (Å²) in [5.74, 6) is -0.0559. The van der Waals surface area contributed by atoms with Gasteiger partial charge in [-0.05, 0) is 23.6 Å². The van der Waals surface area contributed by atoms with Crippen molar-refractivity contribution in [1.82, 2.24) is 14.2 Å². The summed E-state index contributed by atoms with van der Waals surface area (Å²) in [6, 6.07) is 7.50. The number of hydrogen-bond acceptors (Lipinski definition) is 3. The number of carbonyl (C=O) groups is 1. The number of amides is 1. The van der Waals surface area contributed by atoms with Crippen LogP contribution in [0.15, 0.2) is 30.5 Å². The number of piperazine rings is 1. The second-order valence-electron chi connectivity index (χ2n) is 5.23. The van der Waals surface area contributed by atoms with Crippen molar-refractivity contribution in [3.8, 4) is 0 Å². The highest BCUT2D eigenvalue weighted by Crippen LogP contribution is 2.17. The maximum Gasteiger partial charge on any atom is 0.254 e. The van der Waals surface area contributed by atoms with Gasteiger partial charge in [-0.2, -0.15) is 4.31 Å².